The second kappa shape index (κ2) is 21.3. The van der Waals surface area contributed by atoms with Crippen molar-refractivity contribution in [2.45, 2.75) is 122 Å². The van der Waals surface area contributed by atoms with Crippen LogP contribution in [0.25, 0.3) is 11.2 Å². The maximum absolute atomic E-state index is 13.5. The predicted octanol–water partition coefficient (Wildman–Crippen LogP) is 9.05. The van der Waals surface area contributed by atoms with E-state index >= 15 is 0 Å². The van der Waals surface area contributed by atoms with Crippen LogP contribution in [0.1, 0.15) is 84.7 Å². The fourth-order valence-corrected chi connectivity index (χ4v) is 10.8. The summed E-state index contributed by atoms with van der Waals surface area (Å²) in [7, 11) is -1.20. The van der Waals surface area contributed by atoms with Gasteiger partial charge in [-0.05, 0) is 86.8 Å². The number of carbonyl (C=O) groups excluding carboxylic acids is 1. The van der Waals surface area contributed by atoms with E-state index in [4.69, 9.17) is 32.4 Å². The van der Waals surface area contributed by atoms with Crippen molar-refractivity contribution in [1.82, 2.24) is 24.2 Å². The monoisotopic (exact) mass is 941 g/mol. The lowest BCUT2D eigenvalue weighted by molar-refractivity contribution is -0.114. The lowest BCUT2D eigenvalue weighted by Crippen LogP contribution is -2.52. The number of rotatable bonds is 20. The molecule has 6 rings (SSSR count). The van der Waals surface area contributed by atoms with Gasteiger partial charge in [0, 0.05) is 19.0 Å². The Labute approximate surface area is 390 Å². The number of hydrogen-bond donors (Lipinski definition) is 2. The first kappa shape index (κ1) is 50.4. The van der Waals surface area contributed by atoms with Crippen LogP contribution in [-0.2, 0) is 33.3 Å². The molecular formula is C48H64N7O9PSi. The summed E-state index contributed by atoms with van der Waals surface area (Å²) in [6, 6.07) is 27.8. The third-order valence-electron chi connectivity index (χ3n) is 12.0. The summed E-state index contributed by atoms with van der Waals surface area (Å²) in [6.45, 7) is 20.6. The van der Waals surface area contributed by atoms with Crippen molar-refractivity contribution in [2.75, 3.05) is 32.8 Å². The number of fused-ring (bicyclic) bond motifs is 1. The molecule has 16 nitrogen and oxygen atoms in total. The Kier molecular flexibility index (Phi) is 16.3. The highest BCUT2D eigenvalue weighted by Gasteiger charge is 2.55. The van der Waals surface area contributed by atoms with E-state index in [2.05, 4.69) is 92.6 Å². The third kappa shape index (κ3) is 10.9. The zero-order valence-electron chi connectivity index (χ0n) is 40.0. The largest absolute Gasteiger partial charge is 0.497 e. The zero-order chi connectivity index (χ0) is 48.0. The summed E-state index contributed by atoms with van der Waals surface area (Å²) >= 11 is 0. The second-order valence-electron chi connectivity index (χ2n) is 18.3. The zero-order valence-corrected chi connectivity index (χ0v) is 41.9. The van der Waals surface area contributed by atoms with Crippen molar-refractivity contribution in [3.05, 3.63) is 112 Å². The minimum atomic E-state index is -2.73. The van der Waals surface area contributed by atoms with Gasteiger partial charge < -0.3 is 32.4 Å². The maximum Gasteiger partial charge on any atom is 0.280 e. The first-order chi connectivity index (χ1) is 31.3. The predicted molar refractivity (Wildman–Crippen MR) is 257 cm³/mol. The molecule has 0 saturated carbocycles. The van der Waals surface area contributed by atoms with Gasteiger partial charge >= 0.3 is 0 Å². The van der Waals surface area contributed by atoms with Crippen molar-refractivity contribution >= 4 is 39.9 Å². The van der Waals surface area contributed by atoms with Gasteiger partial charge in [0.15, 0.2) is 25.7 Å². The number of hydrogen-bond acceptors (Lipinski definition) is 13. The fourth-order valence-electron chi connectivity index (χ4n) is 7.87. The van der Waals surface area contributed by atoms with Crippen LogP contribution in [0.15, 0.2) is 90.0 Å². The third-order valence-corrected chi connectivity index (χ3v) is 18.6. The molecule has 3 heterocycles. The molecule has 0 aliphatic carbocycles. The van der Waals surface area contributed by atoms with Crippen LogP contribution in [-0.4, -0.2) is 96.2 Å². The van der Waals surface area contributed by atoms with Crippen molar-refractivity contribution in [1.29, 1.82) is 5.26 Å². The number of amides is 1. The number of nitriles is 1. The number of anilines is 1. The van der Waals surface area contributed by atoms with Crippen LogP contribution in [0, 0.1) is 11.3 Å². The van der Waals surface area contributed by atoms with Crippen LogP contribution >= 0.6 is 8.53 Å². The molecule has 2 N–H and O–H groups in total. The molecule has 5 atom stereocenters. The molecule has 66 heavy (non-hydrogen) atoms. The average Bonchev–Trinajstić information content (AvgIpc) is 3.84. The molecule has 0 spiro atoms. The lowest BCUT2D eigenvalue weighted by atomic mass is 9.79. The van der Waals surface area contributed by atoms with Gasteiger partial charge in [0.2, 0.25) is 11.9 Å². The molecular weight excluding hydrogens is 878 g/mol. The summed E-state index contributed by atoms with van der Waals surface area (Å²) < 4.78 is 51.1. The molecule has 354 valence electrons. The summed E-state index contributed by atoms with van der Waals surface area (Å²) in [6.07, 6.45) is -1.94. The molecule has 0 bridgehead atoms. The summed E-state index contributed by atoms with van der Waals surface area (Å²) in [5.41, 5.74) is 0.764. The topological polar surface area (TPSA) is 184 Å². The number of ether oxygens (including phenoxy) is 4. The molecule has 5 aromatic rings. The second-order valence-corrected chi connectivity index (χ2v) is 24.5. The number of imidazole rings is 1. The summed E-state index contributed by atoms with van der Waals surface area (Å²) in [5.74, 6) is 0.884. The van der Waals surface area contributed by atoms with E-state index in [0.29, 0.717) is 11.5 Å². The number of H-pyrrole nitrogens is 1. The number of nitrogens with one attached hydrogen (secondary N) is 2. The lowest BCUT2D eigenvalue weighted by Gasteiger charge is -2.44. The molecule has 1 aliphatic heterocycles. The molecule has 1 unspecified atom stereocenters. The van der Waals surface area contributed by atoms with E-state index in [1.807, 2.05) is 78.9 Å². The van der Waals surface area contributed by atoms with Crippen LogP contribution in [0.3, 0.4) is 0 Å². The van der Waals surface area contributed by atoms with Gasteiger partial charge in [-0.3, -0.25) is 24.5 Å². The molecule has 0 radical (unpaired) electrons. The number of aromatic nitrogens is 4. The smallest absolute Gasteiger partial charge is 0.280 e. The van der Waals surface area contributed by atoms with Gasteiger partial charge in [0.05, 0.1) is 46.3 Å². The standard InChI is InChI=1S/C48H64N7O9PSi/c1-31(2)55(32(3)4)65(60-28-16-27-49)61-29-39-41(63-48(34-17-14-13-15-18-34,35-19-23-37(58-9)24-20-35)36-21-25-38(59-10)26-22-36)42(64-66(11,12)47(6,7)8)45(62-39)54-30-50-40-43(54)52-46(51-33(5)56)53-44(40)57/h13-15,17-26,30-32,39,41-42,45H,16,28-29H2,1-12H3,(H2,51,52,53,56,57)/t39-,41-,42-,45-,65?/m1/s1. The minimum Gasteiger partial charge on any atom is -0.497 e. The SMILES string of the molecule is COc1ccc(C(O[C@H]2[C@@H](O[Si](C)(C)C(C)(C)C)[C@H](n3cnc4c(=O)[nH]c(NC(C)=O)nc43)O[C@@H]2COP(OCCC#N)N(C(C)C)C(C)C)(c2ccccc2)c2ccc(OC)cc2)cc1. The molecule has 1 aliphatic rings. The van der Waals surface area contributed by atoms with Crippen molar-refractivity contribution in [3.63, 3.8) is 0 Å². The maximum atomic E-state index is 13.5. The normalized spacial score (nSPS) is 18.5. The quantitative estimate of drug-likeness (QED) is 0.0326. The highest BCUT2D eigenvalue weighted by molar-refractivity contribution is 7.44. The first-order valence-electron chi connectivity index (χ1n) is 22.2. The molecule has 1 fully saturated rings. The molecule has 1 saturated heterocycles. The van der Waals surface area contributed by atoms with E-state index in [1.165, 1.54) is 13.3 Å². The van der Waals surface area contributed by atoms with Gasteiger partial charge in [0.25, 0.3) is 14.1 Å². The number of benzene rings is 3. The Morgan fingerprint density at radius 1 is 0.924 bits per heavy atom. The Balaban J connectivity index is 1.63. The first-order valence-corrected chi connectivity index (χ1v) is 26.2. The van der Waals surface area contributed by atoms with E-state index in [0.717, 1.165) is 16.7 Å². The highest BCUT2D eigenvalue weighted by atomic mass is 31.2. The van der Waals surface area contributed by atoms with E-state index in [-0.39, 0.29) is 53.9 Å². The van der Waals surface area contributed by atoms with E-state index in [1.54, 1.807) is 18.8 Å². The van der Waals surface area contributed by atoms with Gasteiger partial charge in [-0.25, -0.2) is 9.65 Å². The van der Waals surface area contributed by atoms with Gasteiger partial charge in [0.1, 0.15) is 35.4 Å². The van der Waals surface area contributed by atoms with Crippen molar-refractivity contribution in [2.24, 2.45) is 0 Å². The van der Waals surface area contributed by atoms with Crippen molar-refractivity contribution in [3.8, 4) is 17.6 Å². The van der Waals surface area contributed by atoms with Crippen LogP contribution < -0.4 is 20.3 Å². The van der Waals surface area contributed by atoms with E-state index in [9.17, 15) is 14.9 Å². The number of carbonyl (C=O) groups is 1. The average molecular weight is 942 g/mol. The minimum absolute atomic E-state index is 0.0272. The molecule has 1 amide bonds. The number of methoxy groups -OCH3 is 2. The Morgan fingerprint density at radius 3 is 2.02 bits per heavy atom. The van der Waals surface area contributed by atoms with Gasteiger partial charge in [-0.15, -0.1) is 0 Å². The van der Waals surface area contributed by atoms with Crippen molar-refractivity contribution < 1.29 is 37.2 Å². The highest BCUT2D eigenvalue weighted by Crippen LogP contribution is 2.51. The Bertz CT molecular complexity index is 2430. The fraction of sp³-hybridized carbons (Fsp3) is 0.479. The van der Waals surface area contributed by atoms with E-state index < -0.39 is 58.5 Å². The summed E-state index contributed by atoms with van der Waals surface area (Å²) in [4.78, 5) is 37.5. The number of aromatic amines is 1. The molecule has 2 aromatic heterocycles. The van der Waals surface area contributed by atoms with Crippen LogP contribution in [0.5, 0.6) is 11.5 Å². The van der Waals surface area contributed by atoms with Crippen LogP contribution in [0.2, 0.25) is 18.1 Å². The Hall–Kier alpha value is -5.02. The Morgan fingerprint density at radius 2 is 1.50 bits per heavy atom. The van der Waals surface area contributed by atoms with Crippen LogP contribution in [0.4, 0.5) is 5.95 Å². The summed E-state index contributed by atoms with van der Waals surface area (Å²) in [5, 5.41) is 11.8. The van der Waals surface area contributed by atoms with Gasteiger partial charge in [-0.1, -0.05) is 75.4 Å². The van der Waals surface area contributed by atoms with Gasteiger partial charge in [-0.2, -0.15) is 10.2 Å². The molecule has 18 heteroatoms. The molecule has 3 aromatic carbocycles. The number of nitrogens with zero attached hydrogens (tertiary/aromatic N) is 5.